The molecule has 0 aliphatic carbocycles. The summed E-state index contributed by atoms with van der Waals surface area (Å²) in [6.07, 6.45) is 4.40. The van der Waals surface area contributed by atoms with E-state index >= 15 is 0 Å². The summed E-state index contributed by atoms with van der Waals surface area (Å²) in [6, 6.07) is 3.63. The number of nitrogens with zero attached hydrogens (tertiary/aromatic N) is 1. The fraction of sp³-hybridized carbons (Fsp3) is 0.500. The SMILES string of the molecule is C[C@@H](OC[C@@H]1CCCCO1)C(=O)Nc1nc(-c2ccco2)cs1. The molecule has 23 heavy (non-hydrogen) atoms. The molecule has 7 heteroatoms. The van der Waals surface area contributed by atoms with Crippen LogP contribution in [0.5, 0.6) is 0 Å². The van der Waals surface area contributed by atoms with Crippen molar-refractivity contribution in [2.45, 2.75) is 38.4 Å². The average Bonchev–Trinajstić information content (AvgIpc) is 3.24. The Labute approximate surface area is 138 Å². The fourth-order valence-electron chi connectivity index (χ4n) is 2.34. The van der Waals surface area contributed by atoms with Gasteiger partial charge in [-0.1, -0.05) is 0 Å². The summed E-state index contributed by atoms with van der Waals surface area (Å²) >= 11 is 1.36. The predicted octanol–water partition coefficient (Wildman–Crippen LogP) is 3.32. The maximum atomic E-state index is 12.1. The van der Waals surface area contributed by atoms with Crippen molar-refractivity contribution >= 4 is 22.4 Å². The van der Waals surface area contributed by atoms with Gasteiger partial charge < -0.3 is 13.9 Å². The van der Waals surface area contributed by atoms with Gasteiger partial charge in [-0.05, 0) is 38.3 Å². The highest BCUT2D eigenvalue weighted by molar-refractivity contribution is 7.14. The molecule has 0 aromatic carbocycles. The van der Waals surface area contributed by atoms with Gasteiger partial charge in [0.25, 0.3) is 5.91 Å². The molecule has 0 saturated carbocycles. The van der Waals surface area contributed by atoms with E-state index in [-0.39, 0.29) is 12.0 Å². The Bertz CT molecular complexity index is 620. The van der Waals surface area contributed by atoms with Gasteiger partial charge >= 0.3 is 0 Å². The monoisotopic (exact) mass is 336 g/mol. The molecule has 0 radical (unpaired) electrons. The van der Waals surface area contributed by atoms with E-state index in [0.29, 0.717) is 23.2 Å². The van der Waals surface area contributed by atoms with Gasteiger partial charge in [0.2, 0.25) is 0 Å². The molecule has 3 rings (SSSR count). The van der Waals surface area contributed by atoms with Crippen LogP contribution in [0.15, 0.2) is 28.2 Å². The van der Waals surface area contributed by atoms with Gasteiger partial charge in [-0.2, -0.15) is 0 Å². The van der Waals surface area contributed by atoms with Crippen molar-refractivity contribution in [1.29, 1.82) is 0 Å². The Morgan fingerprint density at radius 2 is 2.48 bits per heavy atom. The topological polar surface area (TPSA) is 73.6 Å². The van der Waals surface area contributed by atoms with E-state index in [1.165, 1.54) is 11.3 Å². The van der Waals surface area contributed by atoms with Gasteiger partial charge in [0.05, 0.1) is 19.0 Å². The minimum Gasteiger partial charge on any atom is -0.463 e. The van der Waals surface area contributed by atoms with Crippen LogP contribution in [0.1, 0.15) is 26.2 Å². The fourth-order valence-corrected chi connectivity index (χ4v) is 3.04. The molecule has 1 aliphatic rings. The molecule has 6 nitrogen and oxygen atoms in total. The summed E-state index contributed by atoms with van der Waals surface area (Å²) < 4.78 is 16.5. The molecule has 2 aromatic heterocycles. The number of ether oxygens (including phenoxy) is 2. The van der Waals surface area contributed by atoms with E-state index in [2.05, 4.69) is 10.3 Å². The average molecular weight is 336 g/mol. The van der Waals surface area contributed by atoms with Crippen LogP contribution in [0.3, 0.4) is 0 Å². The zero-order chi connectivity index (χ0) is 16.1. The predicted molar refractivity (Wildman–Crippen MR) is 87.5 cm³/mol. The molecule has 0 bridgehead atoms. The van der Waals surface area contributed by atoms with Crippen LogP contribution < -0.4 is 5.32 Å². The van der Waals surface area contributed by atoms with Crippen LogP contribution >= 0.6 is 11.3 Å². The van der Waals surface area contributed by atoms with Gasteiger partial charge in [0.15, 0.2) is 10.9 Å². The number of amides is 1. The molecule has 2 aromatic rings. The zero-order valence-electron chi connectivity index (χ0n) is 13.0. The number of hydrogen-bond acceptors (Lipinski definition) is 6. The Balaban J connectivity index is 1.48. The van der Waals surface area contributed by atoms with E-state index in [1.807, 2.05) is 11.4 Å². The third kappa shape index (κ3) is 4.40. The van der Waals surface area contributed by atoms with Crippen molar-refractivity contribution in [2.24, 2.45) is 0 Å². The highest BCUT2D eigenvalue weighted by atomic mass is 32.1. The van der Waals surface area contributed by atoms with Crippen LogP contribution in [-0.4, -0.2) is 36.3 Å². The highest BCUT2D eigenvalue weighted by Crippen LogP contribution is 2.25. The number of aromatic nitrogens is 1. The molecule has 124 valence electrons. The summed E-state index contributed by atoms with van der Waals surface area (Å²) in [5, 5.41) is 5.15. The third-order valence-electron chi connectivity index (χ3n) is 3.68. The van der Waals surface area contributed by atoms with Crippen LogP contribution in [-0.2, 0) is 14.3 Å². The normalized spacial score (nSPS) is 19.4. The molecule has 2 atom stereocenters. The Morgan fingerprint density at radius 3 is 3.22 bits per heavy atom. The molecule has 1 fully saturated rings. The first kappa shape index (κ1) is 16.2. The first-order valence-corrected chi connectivity index (χ1v) is 8.64. The number of rotatable bonds is 6. The van der Waals surface area contributed by atoms with Gasteiger partial charge in [-0.15, -0.1) is 11.3 Å². The van der Waals surface area contributed by atoms with Crippen molar-refractivity contribution in [1.82, 2.24) is 4.98 Å². The second kappa shape index (κ2) is 7.72. The largest absolute Gasteiger partial charge is 0.463 e. The molecule has 1 saturated heterocycles. The number of nitrogens with one attached hydrogen (secondary N) is 1. The molecule has 1 aliphatic heterocycles. The van der Waals surface area contributed by atoms with Crippen molar-refractivity contribution in [2.75, 3.05) is 18.5 Å². The van der Waals surface area contributed by atoms with Crippen molar-refractivity contribution in [3.63, 3.8) is 0 Å². The van der Waals surface area contributed by atoms with Crippen molar-refractivity contribution < 1.29 is 18.7 Å². The number of furan rings is 1. The van der Waals surface area contributed by atoms with E-state index in [1.54, 1.807) is 19.3 Å². The van der Waals surface area contributed by atoms with Crippen LogP contribution in [0.25, 0.3) is 11.5 Å². The molecular weight excluding hydrogens is 316 g/mol. The smallest absolute Gasteiger partial charge is 0.254 e. The van der Waals surface area contributed by atoms with Gasteiger partial charge in [0.1, 0.15) is 11.8 Å². The maximum absolute atomic E-state index is 12.1. The summed E-state index contributed by atoms with van der Waals surface area (Å²) in [5.74, 6) is 0.474. The molecule has 0 spiro atoms. The molecule has 0 unspecified atom stereocenters. The Morgan fingerprint density at radius 1 is 1.57 bits per heavy atom. The quantitative estimate of drug-likeness (QED) is 0.876. The summed E-state index contributed by atoms with van der Waals surface area (Å²) in [7, 11) is 0. The van der Waals surface area contributed by atoms with Gasteiger partial charge in [-0.25, -0.2) is 4.98 Å². The molecule has 3 heterocycles. The lowest BCUT2D eigenvalue weighted by Gasteiger charge is -2.23. The minimum absolute atomic E-state index is 0.101. The lowest BCUT2D eigenvalue weighted by Crippen LogP contribution is -2.32. The summed E-state index contributed by atoms with van der Waals surface area (Å²) in [5.41, 5.74) is 0.708. The number of carbonyl (C=O) groups is 1. The molecule has 1 amide bonds. The summed E-state index contributed by atoms with van der Waals surface area (Å²) in [6.45, 7) is 2.96. The minimum atomic E-state index is -0.545. The third-order valence-corrected chi connectivity index (χ3v) is 4.44. The lowest BCUT2D eigenvalue weighted by molar-refractivity contribution is -0.130. The first-order chi connectivity index (χ1) is 11.2. The number of hydrogen-bond donors (Lipinski definition) is 1. The second-order valence-electron chi connectivity index (χ2n) is 5.47. The van der Waals surface area contributed by atoms with Gasteiger partial charge in [0, 0.05) is 12.0 Å². The Kier molecular flexibility index (Phi) is 5.43. The second-order valence-corrected chi connectivity index (χ2v) is 6.33. The highest BCUT2D eigenvalue weighted by Gasteiger charge is 2.20. The Hall–Kier alpha value is -1.70. The van der Waals surface area contributed by atoms with E-state index in [9.17, 15) is 4.79 Å². The van der Waals surface area contributed by atoms with E-state index in [4.69, 9.17) is 13.9 Å². The standard InChI is InChI=1S/C16H20N2O4S/c1-11(22-9-12-5-2-3-7-20-12)15(19)18-16-17-13(10-23-16)14-6-4-8-21-14/h4,6,8,10-12H,2-3,5,7,9H2,1H3,(H,17,18,19)/t11-,12+/m1/s1. The van der Waals surface area contributed by atoms with Crippen LogP contribution in [0, 0.1) is 0 Å². The van der Waals surface area contributed by atoms with Crippen LogP contribution in [0.4, 0.5) is 5.13 Å². The number of thiazole rings is 1. The van der Waals surface area contributed by atoms with E-state index in [0.717, 1.165) is 25.9 Å². The maximum Gasteiger partial charge on any atom is 0.254 e. The van der Waals surface area contributed by atoms with Crippen molar-refractivity contribution in [3.05, 3.63) is 23.8 Å². The summed E-state index contributed by atoms with van der Waals surface area (Å²) in [4.78, 5) is 16.5. The first-order valence-electron chi connectivity index (χ1n) is 7.76. The number of carbonyl (C=O) groups excluding carboxylic acids is 1. The van der Waals surface area contributed by atoms with Crippen LogP contribution in [0.2, 0.25) is 0 Å². The lowest BCUT2D eigenvalue weighted by atomic mass is 10.1. The molecule has 1 N–H and O–H groups in total. The van der Waals surface area contributed by atoms with Gasteiger partial charge in [-0.3, -0.25) is 10.1 Å². The van der Waals surface area contributed by atoms with Crippen molar-refractivity contribution in [3.8, 4) is 11.5 Å². The van der Waals surface area contributed by atoms with E-state index < -0.39 is 6.10 Å². The zero-order valence-corrected chi connectivity index (χ0v) is 13.8. The number of anilines is 1. The molecular formula is C16H20N2O4S.